The fourth-order valence-electron chi connectivity index (χ4n) is 2.01. The Hall–Kier alpha value is -1.33. The summed E-state index contributed by atoms with van der Waals surface area (Å²) in [5.41, 5.74) is 0. The molecule has 6 heteroatoms. The third kappa shape index (κ3) is 3.41. The van der Waals surface area contributed by atoms with Gasteiger partial charge in [-0.3, -0.25) is 0 Å². The van der Waals surface area contributed by atoms with Gasteiger partial charge in [0.1, 0.15) is 17.5 Å². The van der Waals surface area contributed by atoms with Gasteiger partial charge in [-0.1, -0.05) is 11.6 Å². The normalized spacial score (nSPS) is 14.3. The first-order valence-electron chi connectivity index (χ1n) is 6.79. The first-order chi connectivity index (χ1) is 9.74. The number of hydrogen-bond acceptors (Lipinski definition) is 5. The molecular formula is C14H17ClN4S. The Morgan fingerprint density at radius 3 is 2.75 bits per heavy atom. The molecule has 2 N–H and O–H groups in total. The van der Waals surface area contributed by atoms with Crippen LogP contribution in [-0.4, -0.2) is 23.6 Å². The highest BCUT2D eigenvalue weighted by Gasteiger charge is 2.27. The smallest absolute Gasteiger partial charge is 0.136 e. The zero-order chi connectivity index (χ0) is 13.9. The van der Waals surface area contributed by atoms with E-state index in [2.05, 4.69) is 26.7 Å². The van der Waals surface area contributed by atoms with Crippen LogP contribution < -0.4 is 10.6 Å². The highest BCUT2D eigenvalue weighted by molar-refractivity contribution is 7.16. The minimum atomic E-state index is 0.556. The molecule has 1 aliphatic carbocycles. The number of aromatic nitrogens is 2. The molecule has 0 bridgehead atoms. The van der Waals surface area contributed by atoms with E-state index in [1.165, 1.54) is 17.7 Å². The summed E-state index contributed by atoms with van der Waals surface area (Å²) < 4.78 is 0.843. The van der Waals surface area contributed by atoms with E-state index in [4.69, 9.17) is 11.6 Å². The van der Waals surface area contributed by atoms with Crippen molar-refractivity contribution in [1.82, 2.24) is 9.97 Å². The number of rotatable bonds is 6. The van der Waals surface area contributed by atoms with Crippen LogP contribution in [0.3, 0.4) is 0 Å². The lowest BCUT2D eigenvalue weighted by Gasteiger charge is -2.09. The monoisotopic (exact) mass is 308 g/mol. The summed E-state index contributed by atoms with van der Waals surface area (Å²) in [5.74, 6) is 3.29. The Kier molecular flexibility index (Phi) is 4.08. The standard InChI is InChI=1S/C14H17ClN4S/c1-16-12-8-13(19-14(18-12)9-2-3-9)17-7-6-10-4-5-11(15)20-10/h4-5,8-9H,2-3,6-7H2,1H3,(H2,16,17,18,19). The second-order valence-electron chi connectivity index (χ2n) is 4.90. The van der Waals surface area contributed by atoms with Crippen molar-refractivity contribution < 1.29 is 0 Å². The first kappa shape index (κ1) is 13.6. The highest BCUT2D eigenvalue weighted by atomic mass is 35.5. The van der Waals surface area contributed by atoms with Crippen LogP contribution in [-0.2, 0) is 6.42 Å². The fraction of sp³-hybridized carbons (Fsp3) is 0.429. The van der Waals surface area contributed by atoms with Crippen LogP contribution in [0.25, 0.3) is 0 Å². The van der Waals surface area contributed by atoms with Crippen LogP contribution in [0.4, 0.5) is 11.6 Å². The summed E-state index contributed by atoms with van der Waals surface area (Å²) in [5, 5.41) is 6.47. The average Bonchev–Trinajstić information content (AvgIpc) is 3.22. The maximum Gasteiger partial charge on any atom is 0.136 e. The van der Waals surface area contributed by atoms with Gasteiger partial charge in [-0.2, -0.15) is 0 Å². The SMILES string of the molecule is CNc1cc(NCCc2ccc(Cl)s2)nc(C2CC2)n1. The van der Waals surface area contributed by atoms with Crippen LogP contribution in [0, 0.1) is 0 Å². The minimum Gasteiger partial charge on any atom is -0.373 e. The van der Waals surface area contributed by atoms with E-state index >= 15 is 0 Å². The first-order valence-corrected chi connectivity index (χ1v) is 7.99. The van der Waals surface area contributed by atoms with Gasteiger partial charge in [0.2, 0.25) is 0 Å². The molecule has 0 amide bonds. The predicted molar refractivity (Wildman–Crippen MR) is 85.1 cm³/mol. The van der Waals surface area contributed by atoms with Gasteiger partial charge < -0.3 is 10.6 Å². The average molecular weight is 309 g/mol. The van der Waals surface area contributed by atoms with Crippen molar-refractivity contribution in [2.45, 2.75) is 25.2 Å². The molecule has 0 spiro atoms. The van der Waals surface area contributed by atoms with Crippen molar-refractivity contribution in [3.05, 3.63) is 33.2 Å². The molecule has 0 atom stereocenters. The molecule has 20 heavy (non-hydrogen) atoms. The molecule has 1 aliphatic rings. The lowest BCUT2D eigenvalue weighted by molar-refractivity contribution is 0.919. The van der Waals surface area contributed by atoms with Crippen LogP contribution in [0.15, 0.2) is 18.2 Å². The van der Waals surface area contributed by atoms with E-state index in [1.807, 2.05) is 19.2 Å². The quantitative estimate of drug-likeness (QED) is 0.853. The molecular weight excluding hydrogens is 292 g/mol. The number of nitrogens with zero attached hydrogens (tertiary/aromatic N) is 2. The molecule has 1 saturated carbocycles. The van der Waals surface area contributed by atoms with Crippen LogP contribution >= 0.6 is 22.9 Å². The second-order valence-corrected chi connectivity index (χ2v) is 6.70. The Morgan fingerprint density at radius 2 is 2.10 bits per heavy atom. The van der Waals surface area contributed by atoms with Crippen molar-refractivity contribution in [3.63, 3.8) is 0 Å². The zero-order valence-corrected chi connectivity index (χ0v) is 12.9. The van der Waals surface area contributed by atoms with Crippen molar-refractivity contribution >= 4 is 34.6 Å². The van der Waals surface area contributed by atoms with Crippen molar-refractivity contribution in [3.8, 4) is 0 Å². The van der Waals surface area contributed by atoms with Gasteiger partial charge in [0.25, 0.3) is 0 Å². The minimum absolute atomic E-state index is 0.556. The molecule has 2 aromatic rings. The second kappa shape index (κ2) is 5.97. The molecule has 1 fully saturated rings. The summed E-state index contributed by atoms with van der Waals surface area (Å²) >= 11 is 7.56. The molecule has 0 aliphatic heterocycles. The maximum atomic E-state index is 5.93. The number of halogens is 1. The van der Waals surface area contributed by atoms with E-state index in [9.17, 15) is 0 Å². The molecule has 0 aromatic carbocycles. The molecule has 3 rings (SSSR count). The molecule has 106 valence electrons. The van der Waals surface area contributed by atoms with Crippen molar-refractivity contribution in [2.24, 2.45) is 0 Å². The van der Waals surface area contributed by atoms with Gasteiger partial charge in [0.15, 0.2) is 0 Å². The van der Waals surface area contributed by atoms with Gasteiger partial charge in [0.05, 0.1) is 4.34 Å². The number of thiophene rings is 1. The van der Waals surface area contributed by atoms with Crippen LogP contribution in [0.5, 0.6) is 0 Å². The fourth-order valence-corrected chi connectivity index (χ4v) is 3.10. The Bertz CT molecular complexity index is 595. The van der Waals surface area contributed by atoms with Crippen molar-refractivity contribution in [2.75, 3.05) is 24.2 Å². The van der Waals surface area contributed by atoms with Gasteiger partial charge in [-0.05, 0) is 31.4 Å². The third-order valence-electron chi connectivity index (χ3n) is 3.25. The van der Waals surface area contributed by atoms with E-state index in [0.717, 1.165) is 34.8 Å². The lowest BCUT2D eigenvalue weighted by atomic mass is 10.3. The lowest BCUT2D eigenvalue weighted by Crippen LogP contribution is -2.08. The summed E-state index contributed by atoms with van der Waals surface area (Å²) in [6.45, 7) is 0.848. The molecule has 2 heterocycles. The number of anilines is 2. The predicted octanol–water partition coefficient (Wildman–Crippen LogP) is 3.77. The Morgan fingerprint density at radius 1 is 1.30 bits per heavy atom. The topological polar surface area (TPSA) is 49.8 Å². The number of hydrogen-bond donors (Lipinski definition) is 2. The maximum absolute atomic E-state index is 5.93. The van der Waals surface area contributed by atoms with E-state index in [1.54, 1.807) is 11.3 Å². The molecule has 0 radical (unpaired) electrons. The molecule has 0 unspecified atom stereocenters. The van der Waals surface area contributed by atoms with Gasteiger partial charge in [-0.15, -0.1) is 11.3 Å². The third-order valence-corrected chi connectivity index (χ3v) is 4.54. The number of nitrogens with one attached hydrogen (secondary N) is 2. The van der Waals surface area contributed by atoms with Crippen molar-refractivity contribution in [1.29, 1.82) is 0 Å². The Balaban J connectivity index is 1.62. The van der Waals surface area contributed by atoms with Gasteiger partial charge in [-0.25, -0.2) is 9.97 Å². The largest absolute Gasteiger partial charge is 0.373 e. The van der Waals surface area contributed by atoms with Crippen LogP contribution in [0.1, 0.15) is 29.5 Å². The molecule has 0 saturated heterocycles. The van der Waals surface area contributed by atoms with E-state index in [-0.39, 0.29) is 0 Å². The highest BCUT2D eigenvalue weighted by Crippen LogP contribution is 2.38. The Labute approximate surface area is 127 Å². The summed E-state index contributed by atoms with van der Waals surface area (Å²) in [6, 6.07) is 5.97. The van der Waals surface area contributed by atoms with E-state index in [0.29, 0.717) is 5.92 Å². The van der Waals surface area contributed by atoms with Crippen LogP contribution in [0.2, 0.25) is 4.34 Å². The summed E-state index contributed by atoms with van der Waals surface area (Å²) in [4.78, 5) is 10.4. The zero-order valence-electron chi connectivity index (χ0n) is 11.3. The van der Waals surface area contributed by atoms with Gasteiger partial charge >= 0.3 is 0 Å². The summed E-state index contributed by atoms with van der Waals surface area (Å²) in [6.07, 6.45) is 3.37. The summed E-state index contributed by atoms with van der Waals surface area (Å²) in [7, 11) is 1.89. The van der Waals surface area contributed by atoms with Gasteiger partial charge in [0, 0.05) is 30.5 Å². The molecule has 4 nitrogen and oxygen atoms in total. The van der Waals surface area contributed by atoms with E-state index < -0.39 is 0 Å². The molecule has 2 aromatic heterocycles.